The van der Waals surface area contributed by atoms with Crippen LogP contribution in [0, 0.1) is 5.82 Å². The van der Waals surface area contributed by atoms with Crippen LogP contribution in [0.1, 0.15) is 25.7 Å². The third-order valence-corrected chi connectivity index (χ3v) is 8.39. The normalized spacial score (nSPS) is 18.6. The lowest BCUT2D eigenvalue weighted by Gasteiger charge is -2.36. The Morgan fingerprint density at radius 3 is 2.03 bits per heavy atom. The molecular weight excluding hydrogens is 467 g/mol. The molecule has 4 rings (SSSR count). The van der Waals surface area contributed by atoms with Gasteiger partial charge in [-0.15, -0.1) is 0 Å². The summed E-state index contributed by atoms with van der Waals surface area (Å²) in [6.45, 7) is 0. The predicted octanol–water partition coefficient (Wildman–Crippen LogP) is 4.60. The summed E-state index contributed by atoms with van der Waals surface area (Å²) in [4.78, 5) is 11.1. The Hall–Kier alpha value is -3.08. The molecule has 1 heterocycles. The van der Waals surface area contributed by atoms with Crippen molar-refractivity contribution in [1.82, 2.24) is 19.2 Å². The van der Waals surface area contributed by atoms with Gasteiger partial charge in [-0.2, -0.15) is 9.29 Å². The summed E-state index contributed by atoms with van der Waals surface area (Å²) in [5, 5.41) is 6.18. The minimum atomic E-state index is -3.59. The van der Waals surface area contributed by atoms with E-state index in [9.17, 15) is 12.8 Å². The molecule has 1 saturated carbocycles. The first-order valence-corrected chi connectivity index (χ1v) is 13.0. The van der Waals surface area contributed by atoms with Crippen molar-refractivity contribution in [2.24, 2.45) is 0 Å². The van der Waals surface area contributed by atoms with Gasteiger partial charge in [0.05, 0.1) is 4.90 Å². The smallest absolute Gasteiger partial charge is 0.243 e. The van der Waals surface area contributed by atoms with E-state index in [1.54, 1.807) is 55.7 Å². The Labute approximate surface area is 206 Å². The van der Waals surface area contributed by atoms with Crippen LogP contribution in [0.4, 0.5) is 27.5 Å². The number of nitrogens with one attached hydrogen (secondary N) is 2. The molecule has 3 aromatic rings. The maximum Gasteiger partial charge on any atom is 0.243 e. The molecule has 1 aliphatic carbocycles. The Bertz CT molecular complexity index is 1230. The molecule has 35 heavy (non-hydrogen) atoms. The average molecular weight is 499 g/mol. The monoisotopic (exact) mass is 498 g/mol. The zero-order valence-corrected chi connectivity index (χ0v) is 21.0. The number of nitrogens with zero attached hydrogens (tertiary/aromatic N) is 4. The summed E-state index contributed by atoms with van der Waals surface area (Å²) in [5.74, 6) is 0.579. The molecule has 0 unspecified atom stereocenters. The summed E-state index contributed by atoms with van der Waals surface area (Å²) in [6.07, 6.45) is 5.31. The van der Waals surface area contributed by atoms with Crippen LogP contribution in [0.15, 0.2) is 65.7 Å². The standard InChI is InChI=1S/C25H31FN6O2S/c1-31(2)21-10-12-22(13-11-21)32(3)35(33,34)23-14-8-20(9-15-23)29-25-27-17-16-24(30-25)28-19-6-4-18(26)5-7-19/h4-9,14-17,21-22H,10-13H2,1-3H3,(H2,27,28,29,30). The number of benzene rings is 2. The molecule has 0 bridgehead atoms. The fraction of sp³-hybridized carbons (Fsp3) is 0.360. The van der Waals surface area contributed by atoms with E-state index >= 15 is 0 Å². The van der Waals surface area contributed by atoms with Crippen molar-refractivity contribution in [3.63, 3.8) is 0 Å². The second-order valence-electron chi connectivity index (χ2n) is 8.99. The highest BCUT2D eigenvalue weighted by molar-refractivity contribution is 7.89. The maximum atomic E-state index is 13.2. The van der Waals surface area contributed by atoms with E-state index < -0.39 is 10.0 Å². The first-order chi connectivity index (χ1) is 16.7. The maximum absolute atomic E-state index is 13.2. The Balaban J connectivity index is 1.40. The highest BCUT2D eigenvalue weighted by Crippen LogP contribution is 2.29. The van der Waals surface area contributed by atoms with Gasteiger partial charge in [-0.1, -0.05) is 0 Å². The second kappa shape index (κ2) is 10.7. The first-order valence-electron chi connectivity index (χ1n) is 11.6. The topological polar surface area (TPSA) is 90.5 Å². The minimum absolute atomic E-state index is 0.0127. The Morgan fingerprint density at radius 1 is 0.829 bits per heavy atom. The van der Waals surface area contributed by atoms with Gasteiger partial charge in [-0.25, -0.2) is 17.8 Å². The van der Waals surface area contributed by atoms with E-state index in [0.717, 1.165) is 25.7 Å². The zero-order valence-electron chi connectivity index (χ0n) is 20.1. The summed E-state index contributed by atoms with van der Waals surface area (Å²) in [5.41, 5.74) is 1.36. The fourth-order valence-electron chi connectivity index (χ4n) is 4.31. The number of hydrogen-bond donors (Lipinski definition) is 2. The summed E-state index contributed by atoms with van der Waals surface area (Å²) >= 11 is 0. The van der Waals surface area contributed by atoms with Crippen LogP contribution in [0.2, 0.25) is 0 Å². The third kappa shape index (κ3) is 6.14. The van der Waals surface area contributed by atoms with E-state index in [1.807, 2.05) is 0 Å². The van der Waals surface area contributed by atoms with E-state index in [4.69, 9.17) is 0 Å². The lowest BCUT2D eigenvalue weighted by atomic mass is 9.91. The molecule has 186 valence electrons. The quantitative estimate of drug-likeness (QED) is 0.469. The van der Waals surface area contributed by atoms with Gasteiger partial charge in [0.2, 0.25) is 16.0 Å². The molecule has 0 amide bonds. The van der Waals surface area contributed by atoms with Crippen molar-refractivity contribution < 1.29 is 12.8 Å². The van der Waals surface area contributed by atoms with Gasteiger partial charge in [0.1, 0.15) is 11.6 Å². The lowest BCUT2D eigenvalue weighted by Crippen LogP contribution is -2.42. The Morgan fingerprint density at radius 2 is 1.40 bits per heavy atom. The minimum Gasteiger partial charge on any atom is -0.340 e. The molecular formula is C25H31FN6O2S. The van der Waals surface area contributed by atoms with Gasteiger partial charge in [0.25, 0.3) is 0 Å². The van der Waals surface area contributed by atoms with Crippen molar-refractivity contribution >= 4 is 33.2 Å². The molecule has 0 aliphatic heterocycles. The van der Waals surface area contributed by atoms with Crippen molar-refractivity contribution in [2.75, 3.05) is 31.8 Å². The van der Waals surface area contributed by atoms with Gasteiger partial charge >= 0.3 is 0 Å². The fourth-order valence-corrected chi connectivity index (χ4v) is 5.73. The zero-order chi connectivity index (χ0) is 25.0. The van der Waals surface area contributed by atoms with Gasteiger partial charge < -0.3 is 15.5 Å². The second-order valence-corrected chi connectivity index (χ2v) is 11.0. The molecule has 0 spiro atoms. The molecule has 2 N–H and O–H groups in total. The van der Waals surface area contributed by atoms with Gasteiger partial charge in [0.15, 0.2) is 0 Å². The average Bonchev–Trinajstić information content (AvgIpc) is 2.85. The van der Waals surface area contributed by atoms with Crippen molar-refractivity contribution in [3.05, 3.63) is 66.6 Å². The number of aromatic nitrogens is 2. The largest absolute Gasteiger partial charge is 0.340 e. The van der Waals surface area contributed by atoms with Crippen LogP contribution in [0.25, 0.3) is 0 Å². The number of sulfonamides is 1. The lowest BCUT2D eigenvalue weighted by molar-refractivity contribution is 0.180. The van der Waals surface area contributed by atoms with Gasteiger partial charge in [0, 0.05) is 36.7 Å². The van der Waals surface area contributed by atoms with Crippen LogP contribution in [0.3, 0.4) is 0 Å². The van der Waals surface area contributed by atoms with Crippen LogP contribution in [-0.2, 0) is 10.0 Å². The predicted molar refractivity (Wildman–Crippen MR) is 136 cm³/mol. The Kier molecular flexibility index (Phi) is 7.63. The van der Waals surface area contributed by atoms with Crippen LogP contribution in [-0.4, -0.2) is 60.8 Å². The van der Waals surface area contributed by atoms with Crippen molar-refractivity contribution in [2.45, 2.75) is 42.7 Å². The summed E-state index contributed by atoms with van der Waals surface area (Å²) in [6, 6.07) is 14.8. The molecule has 2 aromatic carbocycles. The molecule has 1 fully saturated rings. The summed E-state index contributed by atoms with van der Waals surface area (Å²) in [7, 11) is 2.24. The third-order valence-electron chi connectivity index (χ3n) is 6.47. The number of rotatable bonds is 8. The molecule has 10 heteroatoms. The molecule has 0 saturated heterocycles. The molecule has 0 radical (unpaired) electrons. The van der Waals surface area contributed by atoms with Gasteiger partial charge in [-0.3, -0.25) is 0 Å². The highest BCUT2D eigenvalue weighted by atomic mass is 32.2. The SMILES string of the molecule is CN(C)C1CCC(N(C)S(=O)(=O)c2ccc(Nc3nccc(Nc4ccc(F)cc4)n3)cc2)CC1. The number of hydrogen-bond acceptors (Lipinski definition) is 7. The molecule has 1 aliphatic rings. The van der Waals surface area contributed by atoms with E-state index in [2.05, 4.69) is 39.6 Å². The van der Waals surface area contributed by atoms with E-state index in [1.165, 1.54) is 16.4 Å². The molecule has 8 nitrogen and oxygen atoms in total. The number of anilines is 4. The van der Waals surface area contributed by atoms with Crippen LogP contribution in [0.5, 0.6) is 0 Å². The van der Waals surface area contributed by atoms with Crippen molar-refractivity contribution in [3.8, 4) is 0 Å². The van der Waals surface area contributed by atoms with Crippen LogP contribution >= 0.6 is 0 Å². The van der Waals surface area contributed by atoms with E-state index in [0.29, 0.717) is 29.2 Å². The summed E-state index contributed by atoms with van der Waals surface area (Å²) < 4.78 is 41.0. The van der Waals surface area contributed by atoms with Gasteiger partial charge in [-0.05, 0) is 94.4 Å². The molecule has 0 atom stereocenters. The number of halogens is 1. The first kappa shape index (κ1) is 25.0. The van der Waals surface area contributed by atoms with E-state index in [-0.39, 0.29) is 16.8 Å². The molecule has 1 aromatic heterocycles. The van der Waals surface area contributed by atoms with Crippen LogP contribution < -0.4 is 10.6 Å². The van der Waals surface area contributed by atoms with Crippen molar-refractivity contribution in [1.29, 1.82) is 0 Å². The highest BCUT2D eigenvalue weighted by Gasteiger charge is 2.32.